The second-order valence-electron chi connectivity index (χ2n) is 9.75. The normalized spacial score (nSPS) is 15.7. The molecule has 0 N–H and O–H groups in total. The van der Waals surface area contributed by atoms with E-state index in [2.05, 4.69) is 67.7 Å². The summed E-state index contributed by atoms with van der Waals surface area (Å²) in [6, 6.07) is 15.0. The maximum absolute atomic E-state index is 6.24. The van der Waals surface area contributed by atoms with Crippen LogP contribution >= 0.6 is 11.6 Å². The van der Waals surface area contributed by atoms with E-state index in [9.17, 15) is 0 Å². The highest BCUT2D eigenvalue weighted by molar-refractivity contribution is 6.30. The van der Waals surface area contributed by atoms with Gasteiger partial charge in [-0.25, -0.2) is 4.98 Å². The van der Waals surface area contributed by atoms with Gasteiger partial charge in [-0.3, -0.25) is 4.98 Å². The van der Waals surface area contributed by atoms with E-state index in [1.54, 1.807) is 0 Å². The van der Waals surface area contributed by atoms with Gasteiger partial charge in [-0.2, -0.15) is 0 Å². The lowest BCUT2D eigenvalue weighted by Crippen LogP contribution is -2.28. The fourth-order valence-corrected chi connectivity index (χ4v) is 5.43. The van der Waals surface area contributed by atoms with Gasteiger partial charge in [0, 0.05) is 29.3 Å². The molecule has 1 fully saturated rings. The topological polar surface area (TPSA) is 30.7 Å². The van der Waals surface area contributed by atoms with Crippen LogP contribution in [0.5, 0.6) is 0 Å². The lowest BCUT2D eigenvalue weighted by molar-refractivity contribution is 0.627. The standard InChI is InChI=1S/C29H32ClN3/c1-5-26-24(14-8-20-6-7-20)19(2)25-16-22(11-15-27(25)32-26)29(3,28-17-31-18-33(28)4)21-9-12-23(30)13-10-21/h9-13,15-18,20H,5-8,14H2,1-4H3. The van der Waals surface area contributed by atoms with E-state index in [0.717, 1.165) is 35.0 Å². The fourth-order valence-electron chi connectivity index (χ4n) is 5.30. The molecule has 33 heavy (non-hydrogen) atoms. The minimum absolute atomic E-state index is 0.367. The summed E-state index contributed by atoms with van der Waals surface area (Å²) in [6.07, 6.45) is 10.1. The molecule has 0 amide bonds. The Hall–Kier alpha value is -2.65. The molecular weight excluding hydrogens is 426 g/mol. The van der Waals surface area contributed by atoms with Gasteiger partial charge >= 0.3 is 0 Å². The van der Waals surface area contributed by atoms with E-state index < -0.39 is 0 Å². The SMILES string of the molecule is CCc1nc2ccc(C(C)(c3ccc(Cl)cc3)c3cncn3C)cc2c(C)c1CCC1CC1. The minimum Gasteiger partial charge on any atom is -0.337 e. The van der Waals surface area contributed by atoms with Gasteiger partial charge in [0.1, 0.15) is 0 Å². The van der Waals surface area contributed by atoms with Crippen LogP contribution < -0.4 is 0 Å². The number of aryl methyl sites for hydroxylation is 3. The molecule has 1 atom stereocenters. The van der Waals surface area contributed by atoms with Crippen molar-refractivity contribution in [2.24, 2.45) is 13.0 Å². The highest BCUT2D eigenvalue weighted by Crippen LogP contribution is 2.41. The number of aromatic nitrogens is 3. The number of hydrogen-bond donors (Lipinski definition) is 0. The molecule has 4 aromatic rings. The largest absolute Gasteiger partial charge is 0.337 e. The maximum atomic E-state index is 6.24. The van der Waals surface area contributed by atoms with Gasteiger partial charge < -0.3 is 4.57 Å². The zero-order chi connectivity index (χ0) is 23.2. The third-order valence-electron chi connectivity index (χ3n) is 7.62. The quantitative estimate of drug-likeness (QED) is 0.294. The summed E-state index contributed by atoms with van der Waals surface area (Å²) in [6.45, 7) is 6.80. The van der Waals surface area contributed by atoms with Crippen LogP contribution in [0.1, 0.15) is 66.8 Å². The molecular formula is C29H32ClN3. The first-order valence-corrected chi connectivity index (χ1v) is 12.4. The number of nitrogens with zero attached hydrogens (tertiary/aromatic N) is 3. The molecule has 2 aromatic heterocycles. The van der Waals surface area contributed by atoms with Crippen molar-refractivity contribution in [3.8, 4) is 0 Å². The molecule has 5 rings (SSSR count). The fraction of sp³-hybridized carbons (Fsp3) is 0.379. The van der Waals surface area contributed by atoms with Crippen molar-refractivity contribution in [2.45, 2.75) is 58.3 Å². The van der Waals surface area contributed by atoms with E-state index in [1.807, 2.05) is 24.7 Å². The summed E-state index contributed by atoms with van der Waals surface area (Å²) in [5.41, 5.74) is 8.42. The molecule has 1 unspecified atom stereocenters. The highest BCUT2D eigenvalue weighted by atomic mass is 35.5. The number of fused-ring (bicyclic) bond motifs is 1. The predicted octanol–water partition coefficient (Wildman–Crippen LogP) is 7.19. The van der Waals surface area contributed by atoms with Crippen LogP contribution in [0.2, 0.25) is 5.02 Å². The monoisotopic (exact) mass is 457 g/mol. The van der Waals surface area contributed by atoms with Crippen LogP contribution in [-0.2, 0) is 25.3 Å². The number of pyridine rings is 1. The van der Waals surface area contributed by atoms with Crippen molar-refractivity contribution in [1.29, 1.82) is 0 Å². The van der Waals surface area contributed by atoms with Crippen LogP contribution in [0, 0.1) is 12.8 Å². The molecule has 2 heterocycles. The molecule has 0 bridgehead atoms. The third kappa shape index (κ3) is 3.97. The summed E-state index contributed by atoms with van der Waals surface area (Å²) in [5, 5.41) is 2.01. The Morgan fingerprint density at radius 2 is 1.82 bits per heavy atom. The number of imidazole rings is 1. The highest BCUT2D eigenvalue weighted by Gasteiger charge is 2.34. The predicted molar refractivity (Wildman–Crippen MR) is 137 cm³/mol. The van der Waals surface area contributed by atoms with Crippen LogP contribution in [0.4, 0.5) is 0 Å². The summed E-state index contributed by atoms with van der Waals surface area (Å²) >= 11 is 6.24. The molecule has 1 aliphatic rings. The van der Waals surface area contributed by atoms with Gasteiger partial charge in [-0.05, 0) is 85.5 Å². The second-order valence-corrected chi connectivity index (χ2v) is 10.2. The van der Waals surface area contributed by atoms with Gasteiger partial charge in [-0.15, -0.1) is 0 Å². The first kappa shape index (κ1) is 22.2. The Morgan fingerprint density at radius 3 is 2.45 bits per heavy atom. The van der Waals surface area contributed by atoms with E-state index in [4.69, 9.17) is 16.6 Å². The number of rotatable bonds is 7. The molecule has 1 aliphatic carbocycles. The van der Waals surface area contributed by atoms with Crippen molar-refractivity contribution in [2.75, 3.05) is 0 Å². The average molecular weight is 458 g/mol. The van der Waals surface area contributed by atoms with Gasteiger partial charge in [0.25, 0.3) is 0 Å². The van der Waals surface area contributed by atoms with Gasteiger partial charge in [0.2, 0.25) is 0 Å². The Bertz CT molecular complexity index is 1300. The Balaban J connectivity index is 1.69. The van der Waals surface area contributed by atoms with E-state index in [-0.39, 0.29) is 5.41 Å². The molecule has 0 spiro atoms. The minimum atomic E-state index is -0.367. The van der Waals surface area contributed by atoms with Crippen molar-refractivity contribution in [1.82, 2.24) is 14.5 Å². The molecule has 1 saturated carbocycles. The molecule has 170 valence electrons. The number of hydrogen-bond acceptors (Lipinski definition) is 2. The molecule has 0 saturated heterocycles. The molecule has 0 aliphatic heterocycles. The van der Waals surface area contributed by atoms with E-state index >= 15 is 0 Å². The molecule has 3 nitrogen and oxygen atoms in total. The Kier molecular flexibility index (Phi) is 5.78. The summed E-state index contributed by atoms with van der Waals surface area (Å²) < 4.78 is 2.12. The van der Waals surface area contributed by atoms with Crippen LogP contribution in [0.25, 0.3) is 10.9 Å². The zero-order valence-corrected chi connectivity index (χ0v) is 20.8. The Labute approximate surface area is 201 Å². The summed E-state index contributed by atoms with van der Waals surface area (Å²) in [4.78, 5) is 9.55. The number of benzene rings is 2. The van der Waals surface area contributed by atoms with Crippen molar-refractivity contribution in [3.05, 3.63) is 93.7 Å². The first-order chi connectivity index (χ1) is 15.9. The molecule has 4 heteroatoms. The maximum Gasteiger partial charge on any atom is 0.0945 e. The van der Waals surface area contributed by atoms with Gasteiger partial charge in [0.05, 0.1) is 23.0 Å². The molecule has 0 radical (unpaired) electrons. The Morgan fingerprint density at radius 1 is 1.09 bits per heavy atom. The van der Waals surface area contributed by atoms with Gasteiger partial charge in [-0.1, -0.05) is 49.6 Å². The van der Waals surface area contributed by atoms with Crippen molar-refractivity contribution in [3.63, 3.8) is 0 Å². The lowest BCUT2D eigenvalue weighted by atomic mass is 9.73. The van der Waals surface area contributed by atoms with E-state index in [1.165, 1.54) is 52.6 Å². The van der Waals surface area contributed by atoms with Crippen molar-refractivity contribution >= 4 is 22.5 Å². The molecule has 2 aromatic carbocycles. The summed E-state index contributed by atoms with van der Waals surface area (Å²) in [5.74, 6) is 0.925. The zero-order valence-electron chi connectivity index (χ0n) is 20.0. The second kappa shape index (κ2) is 8.61. The number of halogens is 1. The average Bonchev–Trinajstić information content (AvgIpc) is 3.55. The smallest absolute Gasteiger partial charge is 0.0945 e. The van der Waals surface area contributed by atoms with Crippen LogP contribution in [-0.4, -0.2) is 14.5 Å². The van der Waals surface area contributed by atoms with E-state index in [0.29, 0.717) is 0 Å². The summed E-state index contributed by atoms with van der Waals surface area (Å²) in [7, 11) is 2.06. The van der Waals surface area contributed by atoms with Gasteiger partial charge in [0.15, 0.2) is 0 Å². The third-order valence-corrected chi connectivity index (χ3v) is 7.87. The first-order valence-electron chi connectivity index (χ1n) is 12.1. The van der Waals surface area contributed by atoms with Crippen LogP contribution in [0.15, 0.2) is 55.0 Å². The van der Waals surface area contributed by atoms with Crippen molar-refractivity contribution < 1.29 is 0 Å². The van der Waals surface area contributed by atoms with Crippen LogP contribution in [0.3, 0.4) is 0 Å². The lowest BCUT2D eigenvalue weighted by Gasteiger charge is -2.32.